The van der Waals surface area contributed by atoms with E-state index in [-0.39, 0.29) is 36.0 Å². The molecule has 2 aliphatic carbocycles. The van der Waals surface area contributed by atoms with E-state index in [0.29, 0.717) is 0 Å². The molecular formula is C17H26O4. The number of carbonyl (C=O) groups is 2. The Kier molecular flexibility index (Phi) is 3.94. The van der Waals surface area contributed by atoms with E-state index in [1.54, 1.807) is 0 Å². The second kappa shape index (κ2) is 5.15. The predicted octanol–water partition coefficient (Wildman–Crippen LogP) is 3.11. The summed E-state index contributed by atoms with van der Waals surface area (Å²) in [5.74, 6) is -0.507. The van der Waals surface area contributed by atoms with Gasteiger partial charge in [0, 0.05) is 0 Å². The van der Waals surface area contributed by atoms with Crippen LogP contribution in [0.25, 0.3) is 0 Å². The second-order valence-corrected chi connectivity index (χ2v) is 7.15. The SMILES string of the molecule is CC(C)OC(=O)C1(C)C2C=CC(C2)C1(C)C(=O)OC(C)C. The molecule has 0 radical (unpaired) electrons. The van der Waals surface area contributed by atoms with Crippen LogP contribution in [0.4, 0.5) is 0 Å². The maximum atomic E-state index is 12.7. The lowest BCUT2D eigenvalue weighted by Gasteiger charge is -2.43. The van der Waals surface area contributed by atoms with Gasteiger partial charge >= 0.3 is 11.9 Å². The highest BCUT2D eigenvalue weighted by molar-refractivity contribution is 5.90. The van der Waals surface area contributed by atoms with Crippen LogP contribution in [-0.2, 0) is 19.1 Å². The van der Waals surface area contributed by atoms with Crippen LogP contribution >= 0.6 is 0 Å². The minimum absolute atomic E-state index is 0.0402. The van der Waals surface area contributed by atoms with E-state index < -0.39 is 10.8 Å². The average Bonchev–Trinajstić information content (AvgIpc) is 2.91. The van der Waals surface area contributed by atoms with E-state index in [9.17, 15) is 9.59 Å². The number of fused-ring (bicyclic) bond motifs is 2. The van der Waals surface area contributed by atoms with Gasteiger partial charge in [-0.2, -0.15) is 0 Å². The predicted molar refractivity (Wildman–Crippen MR) is 79.4 cm³/mol. The van der Waals surface area contributed by atoms with Gasteiger partial charge in [-0.05, 0) is 59.8 Å². The summed E-state index contributed by atoms with van der Waals surface area (Å²) >= 11 is 0. The number of allylic oxidation sites excluding steroid dienone is 2. The highest BCUT2D eigenvalue weighted by Gasteiger charge is 2.69. The molecule has 4 unspecified atom stereocenters. The maximum Gasteiger partial charge on any atom is 0.313 e. The molecule has 1 saturated carbocycles. The van der Waals surface area contributed by atoms with E-state index >= 15 is 0 Å². The van der Waals surface area contributed by atoms with E-state index in [0.717, 1.165) is 6.42 Å². The van der Waals surface area contributed by atoms with Crippen molar-refractivity contribution in [2.24, 2.45) is 22.7 Å². The third-order valence-electron chi connectivity index (χ3n) is 5.18. The second-order valence-electron chi connectivity index (χ2n) is 7.15. The molecule has 0 saturated heterocycles. The van der Waals surface area contributed by atoms with Crippen molar-refractivity contribution in [3.05, 3.63) is 12.2 Å². The summed E-state index contributed by atoms with van der Waals surface area (Å²) in [6, 6.07) is 0. The first kappa shape index (κ1) is 16.1. The fourth-order valence-corrected chi connectivity index (χ4v) is 3.73. The average molecular weight is 294 g/mol. The first-order valence-electron chi connectivity index (χ1n) is 7.74. The molecule has 4 heteroatoms. The summed E-state index contributed by atoms with van der Waals surface area (Å²) in [5, 5.41) is 0. The van der Waals surface area contributed by atoms with Crippen molar-refractivity contribution in [3.8, 4) is 0 Å². The van der Waals surface area contributed by atoms with Crippen molar-refractivity contribution >= 4 is 11.9 Å². The molecule has 0 aromatic carbocycles. The number of carbonyl (C=O) groups excluding carboxylic acids is 2. The maximum absolute atomic E-state index is 12.7. The van der Waals surface area contributed by atoms with Crippen molar-refractivity contribution in [1.82, 2.24) is 0 Å². The van der Waals surface area contributed by atoms with Crippen molar-refractivity contribution in [2.45, 2.75) is 60.2 Å². The van der Waals surface area contributed by atoms with Crippen molar-refractivity contribution in [1.29, 1.82) is 0 Å². The smallest absolute Gasteiger partial charge is 0.313 e. The molecule has 4 atom stereocenters. The number of hydrogen-bond donors (Lipinski definition) is 0. The van der Waals surface area contributed by atoms with Crippen LogP contribution in [0.2, 0.25) is 0 Å². The third-order valence-corrected chi connectivity index (χ3v) is 5.18. The normalized spacial score (nSPS) is 37.3. The molecule has 2 bridgehead atoms. The lowest BCUT2D eigenvalue weighted by Crippen LogP contribution is -2.53. The molecule has 0 amide bonds. The standard InChI is InChI=1S/C17H26O4/c1-10(2)20-14(18)16(5)12-7-8-13(9-12)17(16,6)15(19)21-11(3)4/h7-8,10-13H,9H2,1-6H3. The van der Waals surface area contributed by atoms with Gasteiger partial charge in [-0.3, -0.25) is 9.59 Å². The lowest BCUT2D eigenvalue weighted by molar-refractivity contribution is -0.184. The molecule has 0 aromatic rings. The molecule has 2 rings (SSSR count). The molecule has 21 heavy (non-hydrogen) atoms. The van der Waals surface area contributed by atoms with Gasteiger partial charge in [-0.1, -0.05) is 12.2 Å². The van der Waals surface area contributed by atoms with Crippen molar-refractivity contribution in [2.75, 3.05) is 0 Å². The minimum atomic E-state index is -0.858. The Balaban J connectivity index is 2.40. The Bertz CT molecular complexity index is 437. The molecule has 0 N–H and O–H groups in total. The Morgan fingerprint density at radius 2 is 1.24 bits per heavy atom. The molecule has 4 nitrogen and oxygen atoms in total. The lowest BCUT2D eigenvalue weighted by atomic mass is 9.59. The summed E-state index contributed by atoms with van der Waals surface area (Å²) in [5.41, 5.74) is -1.72. The summed E-state index contributed by atoms with van der Waals surface area (Å²) in [6.45, 7) is 11.0. The molecular weight excluding hydrogens is 268 g/mol. The summed E-state index contributed by atoms with van der Waals surface area (Å²) in [4.78, 5) is 25.4. The third kappa shape index (κ3) is 2.19. The zero-order valence-electron chi connectivity index (χ0n) is 13.8. The zero-order chi connectivity index (χ0) is 16.0. The molecule has 1 fully saturated rings. The van der Waals surface area contributed by atoms with Gasteiger partial charge in [0.2, 0.25) is 0 Å². The van der Waals surface area contributed by atoms with Crippen LogP contribution in [0.15, 0.2) is 12.2 Å². The van der Waals surface area contributed by atoms with E-state index in [1.807, 2.05) is 41.5 Å². The molecule has 0 heterocycles. The Hall–Kier alpha value is -1.32. The van der Waals surface area contributed by atoms with Gasteiger partial charge in [0.1, 0.15) is 0 Å². The van der Waals surface area contributed by atoms with Gasteiger partial charge in [0.25, 0.3) is 0 Å². The quantitative estimate of drug-likeness (QED) is 0.590. The van der Waals surface area contributed by atoms with Crippen LogP contribution in [0.1, 0.15) is 48.0 Å². The monoisotopic (exact) mass is 294 g/mol. The molecule has 0 spiro atoms. The molecule has 0 aliphatic heterocycles. The first-order chi connectivity index (χ1) is 9.63. The minimum Gasteiger partial charge on any atom is -0.463 e. The molecule has 0 aromatic heterocycles. The van der Waals surface area contributed by atoms with Crippen LogP contribution in [0.3, 0.4) is 0 Å². The number of rotatable bonds is 4. The molecule has 2 aliphatic rings. The summed E-state index contributed by atoms with van der Waals surface area (Å²) in [6.07, 6.45) is 4.53. The summed E-state index contributed by atoms with van der Waals surface area (Å²) < 4.78 is 10.9. The Morgan fingerprint density at radius 1 is 0.905 bits per heavy atom. The van der Waals surface area contributed by atoms with Crippen LogP contribution < -0.4 is 0 Å². The van der Waals surface area contributed by atoms with E-state index in [1.165, 1.54) is 0 Å². The first-order valence-corrected chi connectivity index (χ1v) is 7.74. The van der Waals surface area contributed by atoms with E-state index in [2.05, 4.69) is 12.2 Å². The number of ether oxygens (including phenoxy) is 2. The highest BCUT2D eigenvalue weighted by atomic mass is 16.6. The van der Waals surface area contributed by atoms with E-state index in [4.69, 9.17) is 9.47 Å². The number of hydrogen-bond acceptors (Lipinski definition) is 4. The fraction of sp³-hybridized carbons (Fsp3) is 0.765. The zero-order valence-corrected chi connectivity index (χ0v) is 13.8. The van der Waals surface area contributed by atoms with Gasteiger partial charge in [0.15, 0.2) is 0 Å². The van der Waals surface area contributed by atoms with Gasteiger partial charge < -0.3 is 9.47 Å². The van der Waals surface area contributed by atoms with Crippen molar-refractivity contribution < 1.29 is 19.1 Å². The largest absolute Gasteiger partial charge is 0.463 e. The van der Waals surface area contributed by atoms with Crippen LogP contribution in [0.5, 0.6) is 0 Å². The Morgan fingerprint density at radius 3 is 1.52 bits per heavy atom. The highest BCUT2D eigenvalue weighted by Crippen LogP contribution is 2.64. The van der Waals surface area contributed by atoms with Gasteiger partial charge in [-0.25, -0.2) is 0 Å². The Labute approximate surface area is 126 Å². The summed E-state index contributed by atoms with van der Waals surface area (Å²) in [7, 11) is 0. The van der Waals surface area contributed by atoms with Crippen LogP contribution in [0, 0.1) is 22.7 Å². The fourth-order valence-electron chi connectivity index (χ4n) is 3.73. The van der Waals surface area contributed by atoms with Gasteiger partial charge in [-0.15, -0.1) is 0 Å². The topological polar surface area (TPSA) is 52.6 Å². The molecule has 118 valence electrons. The van der Waals surface area contributed by atoms with Gasteiger partial charge in [0.05, 0.1) is 23.0 Å². The number of esters is 2. The van der Waals surface area contributed by atoms with Crippen LogP contribution in [-0.4, -0.2) is 24.1 Å². The van der Waals surface area contributed by atoms with Crippen molar-refractivity contribution in [3.63, 3.8) is 0 Å².